The first-order chi connectivity index (χ1) is 9.76. The summed E-state index contributed by atoms with van der Waals surface area (Å²) in [6, 6.07) is 17.9. The van der Waals surface area contributed by atoms with Gasteiger partial charge in [0.2, 0.25) is 0 Å². The highest BCUT2D eigenvalue weighted by molar-refractivity contribution is 5.63. The van der Waals surface area contributed by atoms with Crippen LogP contribution in [-0.2, 0) is 0 Å². The fraction of sp³-hybridized carbons (Fsp3) is 0.0588. The van der Waals surface area contributed by atoms with E-state index in [1.165, 1.54) is 5.56 Å². The van der Waals surface area contributed by atoms with Gasteiger partial charge >= 0.3 is 0 Å². The molecule has 0 radical (unpaired) electrons. The lowest BCUT2D eigenvalue weighted by Gasteiger charge is -2.01. The standard InChI is InChI=1S/C17H13N3/c1-13-4-2-6-15(8-13)16-11-19-20(12-16)17-7-3-5-14(9-17)10-18/h2-9,11-12H,1H3. The van der Waals surface area contributed by atoms with E-state index in [4.69, 9.17) is 5.26 Å². The van der Waals surface area contributed by atoms with E-state index >= 15 is 0 Å². The summed E-state index contributed by atoms with van der Waals surface area (Å²) in [4.78, 5) is 0. The van der Waals surface area contributed by atoms with Crippen molar-refractivity contribution < 1.29 is 0 Å². The molecule has 3 aromatic rings. The minimum Gasteiger partial charge on any atom is -0.240 e. The second-order valence-corrected chi connectivity index (χ2v) is 4.71. The second kappa shape index (κ2) is 5.02. The molecule has 3 heteroatoms. The first-order valence-corrected chi connectivity index (χ1v) is 6.38. The zero-order valence-corrected chi connectivity index (χ0v) is 11.1. The van der Waals surface area contributed by atoms with Gasteiger partial charge in [0.25, 0.3) is 0 Å². The van der Waals surface area contributed by atoms with E-state index in [1.807, 2.05) is 36.7 Å². The van der Waals surface area contributed by atoms with Crippen LogP contribution in [0.2, 0.25) is 0 Å². The lowest BCUT2D eigenvalue weighted by molar-refractivity contribution is 0.880. The van der Waals surface area contributed by atoms with Crippen molar-refractivity contribution in [3.63, 3.8) is 0 Å². The van der Waals surface area contributed by atoms with Crippen molar-refractivity contribution in [1.82, 2.24) is 9.78 Å². The van der Waals surface area contributed by atoms with E-state index in [2.05, 4.69) is 36.3 Å². The quantitative estimate of drug-likeness (QED) is 0.703. The molecule has 0 saturated carbocycles. The van der Waals surface area contributed by atoms with Crippen LogP contribution in [0, 0.1) is 18.3 Å². The molecule has 1 heterocycles. The van der Waals surface area contributed by atoms with Crippen LogP contribution in [0.1, 0.15) is 11.1 Å². The number of nitriles is 1. The average Bonchev–Trinajstić information content (AvgIpc) is 2.97. The molecule has 96 valence electrons. The Labute approximate surface area is 117 Å². The van der Waals surface area contributed by atoms with Gasteiger partial charge in [-0.25, -0.2) is 4.68 Å². The van der Waals surface area contributed by atoms with Crippen LogP contribution in [0.25, 0.3) is 16.8 Å². The van der Waals surface area contributed by atoms with E-state index in [0.717, 1.165) is 16.8 Å². The number of nitrogens with zero attached hydrogens (tertiary/aromatic N) is 3. The summed E-state index contributed by atoms with van der Waals surface area (Å²) in [5.41, 5.74) is 4.96. The molecule has 0 spiro atoms. The van der Waals surface area contributed by atoms with Crippen molar-refractivity contribution in [3.05, 3.63) is 72.1 Å². The first kappa shape index (κ1) is 12.2. The molecule has 2 aromatic carbocycles. The van der Waals surface area contributed by atoms with Gasteiger partial charge in [0, 0.05) is 11.8 Å². The Morgan fingerprint density at radius 1 is 1.05 bits per heavy atom. The summed E-state index contributed by atoms with van der Waals surface area (Å²) < 4.78 is 1.79. The summed E-state index contributed by atoms with van der Waals surface area (Å²) in [7, 11) is 0. The SMILES string of the molecule is Cc1cccc(-c2cnn(-c3cccc(C#N)c3)c2)c1. The highest BCUT2D eigenvalue weighted by atomic mass is 15.3. The maximum atomic E-state index is 8.94. The Hall–Kier alpha value is -2.86. The van der Waals surface area contributed by atoms with Gasteiger partial charge in [-0.15, -0.1) is 0 Å². The van der Waals surface area contributed by atoms with Crippen LogP contribution in [0.5, 0.6) is 0 Å². The van der Waals surface area contributed by atoms with Gasteiger partial charge < -0.3 is 0 Å². The zero-order valence-electron chi connectivity index (χ0n) is 11.1. The smallest absolute Gasteiger partial charge is 0.0992 e. The zero-order chi connectivity index (χ0) is 13.9. The van der Waals surface area contributed by atoms with Crippen molar-refractivity contribution in [2.24, 2.45) is 0 Å². The number of hydrogen-bond donors (Lipinski definition) is 0. The first-order valence-electron chi connectivity index (χ1n) is 6.38. The molecule has 0 aliphatic carbocycles. The molecule has 0 aliphatic heterocycles. The fourth-order valence-electron chi connectivity index (χ4n) is 2.16. The van der Waals surface area contributed by atoms with E-state index in [1.54, 1.807) is 10.7 Å². The van der Waals surface area contributed by atoms with E-state index in [-0.39, 0.29) is 0 Å². The summed E-state index contributed by atoms with van der Waals surface area (Å²) >= 11 is 0. The molecule has 1 aromatic heterocycles. The number of aryl methyl sites for hydroxylation is 1. The predicted octanol–water partition coefficient (Wildman–Crippen LogP) is 3.72. The molecule has 0 amide bonds. The summed E-state index contributed by atoms with van der Waals surface area (Å²) in [6.45, 7) is 2.07. The maximum absolute atomic E-state index is 8.94. The van der Waals surface area contributed by atoms with Gasteiger partial charge in [-0.05, 0) is 30.7 Å². The molecule has 3 rings (SSSR count). The van der Waals surface area contributed by atoms with Crippen molar-refractivity contribution >= 4 is 0 Å². The summed E-state index contributed by atoms with van der Waals surface area (Å²) in [5.74, 6) is 0. The number of benzene rings is 2. The highest BCUT2D eigenvalue weighted by Crippen LogP contribution is 2.21. The normalized spacial score (nSPS) is 10.2. The Kier molecular flexibility index (Phi) is 3.06. The third-order valence-corrected chi connectivity index (χ3v) is 3.17. The average molecular weight is 259 g/mol. The Morgan fingerprint density at radius 3 is 2.70 bits per heavy atom. The van der Waals surface area contributed by atoms with Gasteiger partial charge in [-0.3, -0.25) is 0 Å². The van der Waals surface area contributed by atoms with E-state index in [0.29, 0.717) is 5.56 Å². The van der Waals surface area contributed by atoms with Crippen molar-refractivity contribution in [2.45, 2.75) is 6.92 Å². The van der Waals surface area contributed by atoms with Crippen molar-refractivity contribution in [3.8, 4) is 22.9 Å². The number of hydrogen-bond acceptors (Lipinski definition) is 2. The second-order valence-electron chi connectivity index (χ2n) is 4.71. The molecule has 20 heavy (non-hydrogen) atoms. The number of rotatable bonds is 2. The molecule has 0 N–H and O–H groups in total. The van der Waals surface area contributed by atoms with Gasteiger partial charge in [0.15, 0.2) is 0 Å². The lowest BCUT2D eigenvalue weighted by atomic mass is 10.1. The molecule has 0 bridgehead atoms. The minimum absolute atomic E-state index is 0.634. The monoisotopic (exact) mass is 259 g/mol. The van der Waals surface area contributed by atoms with E-state index in [9.17, 15) is 0 Å². The lowest BCUT2D eigenvalue weighted by Crippen LogP contribution is -1.94. The molecular formula is C17H13N3. The Morgan fingerprint density at radius 2 is 1.90 bits per heavy atom. The molecular weight excluding hydrogens is 246 g/mol. The summed E-state index contributed by atoms with van der Waals surface area (Å²) in [5, 5.41) is 13.3. The van der Waals surface area contributed by atoms with Gasteiger partial charge in [-0.1, -0.05) is 35.9 Å². The van der Waals surface area contributed by atoms with Crippen LogP contribution < -0.4 is 0 Å². The molecule has 0 atom stereocenters. The van der Waals surface area contributed by atoms with Crippen LogP contribution in [-0.4, -0.2) is 9.78 Å². The molecule has 0 aliphatic rings. The van der Waals surface area contributed by atoms with Crippen LogP contribution >= 0.6 is 0 Å². The van der Waals surface area contributed by atoms with Crippen molar-refractivity contribution in [1.29, 1.82) is 5.26 Å². The van der Waals surface area contributed by atoms with Crippen LogP contribution in [0.15, 0.2) is 60.9 Å². The molecule has 0 unspecified atom stereocenters. The van der Waals surface area contributed by atoms with E-state index < -0.39 is 0 Å². The summed E-state index contributed by atoms with van der Waals surface area (Å²) in [6.07, 6.45) is 3.82. The third-order valence-electron chi connectivity index (χ3n) is 3.17. The van der Waals surface area contributed by atoms with Gasteiger partial charge in [-0.2, -0.15) is 10.4 Å². The maximum Gasteiger partial charge on any atom is 0.0992 e. The largest absolute Gasteiger partial charge is 0.240 e. The molecule has 0 saturated heterocycles. The van der Waals surface area contributed by atoms with Crippen LogP contribution in [0.3, 0.4) is 0 Å². The fourth-order valence-corrected chi connectivity index (χ4v) is 2.16. The topological polar surface area (TPSA) is 41.6 Å². The third kappa shape index (κ3) is 2.32. The number of aromatic nitrogens is 2. The van der Waals surface area contributed by atoms with Crippen LogP contribution in [0.4, 0.5) is 0 Å². The van der Waals surface area contributed by atoms with Gasteiger partial charge in [0.05, 0.1) is 23.5 Å². The Bertz CT molecular complexity index is 794. The van der Waals surface area contributed by atoms with Gasteiger partial charge in [0.1, 0.15) is 0 Å². The highest BCUT2D eigenvalue weighted by Gasteiger charge is 2.04. The molecule has 3 nitrogen and oxygen atoms in total. The predicted molar refractivity (Wildman–Crippen MR) is 78.5 cm³/mol. The minimum atomic E-state index is 0.634. The Balaban J connectivity index is 2.00. The van der Waals surface area contributed by atoms with Crippen molar-refractivity contribution in [2.75, 3.05) is 0 Å². The molecule has 0 fully saturated rings.